The van der Waals surface area contributed by atoms with Gasteiger partial charge in [-0.1, -0.05) is 0 Å². The van der Waals surface area contributed by atoms with Gasteiger partial charge in [0.2, 0.25) is 0 Å². The second-order valence-corrected chi connectivity index (χ2v) is 5.54. The summed E-state index contributed by atoms with van der Waals surface area (Å²) in [6, 6.07) is 3.64. The van der Waals surface area contributed by atoms with Gasteiger partial charge in [-0.2, -0.15) is 0 Å². The molecule has 0 aliphatic carbocycles. The fourth-order valence-corrected chi connectivity index (χ4v) is 2.73. The number of ether oxygens (including phenoxy) is 1. The first-order valence-electron chi connectivity index (χ1n) is 7.75. The van der Waals surface area contributed by atoms with Crippen LogP contribution in [0.5, 0.6) is 0 Å². The number of rotatable bonds is 2. The van der Waals surface area contributed by atoms with Gasteiger partial charge in [0, 0.05) is 38.6 Å². The Hall–Kier alpha value is -2.57. The van der Waals surface area contributed by atoms with Crippen LogP contribution in [-0.4, -0.2) is 64.0 Å². The summed E-state index contributed by atoms with van der Waals surface area (Å²) in [5.74, 6) is -0.0261. The molecule has 3 rings (SSSR count). The van der Waals surface area contributed by atoms with E-state index >= 15 is 0 Å². The predicted molar refractivity (Wildman–Crippen MR) is 84.4 cm³/mol. The zero-order valence-corrected chi connectivity index (χ0v) is 13.4. The van der Waals surface area contributed by atoms with Crippen molar-refractivity contribution < 1.29 is 14.3 Å². The van der Waals surface area contributed by atoms with Gasteiger partial charge in [0.15, 0.2) is 0 Å². The Balaban J connectivity index is 1.67. The van der Waals surface area contributed by atoms with Crippen LogP contribution in [0.3, 0.4) is 0 Å². The number of pyridine rings is 1. The van der Waals surface area contributed by atoms with Crippen molar-refractivity contribution in [1.82, 2.24) is 19.2 Å². The summed E-state index contributed by atoms with van der Waals surface area (Å²) in [7, 11) is 0. The Labute approximate surface area is 134 Å². The number of hydrogen-bond acceptors (Lipinski definition) is 4. The molecule has 23 heavy (non-hydrogen) atoms. The van der Waals surface area contributed by atoms with Crippen molar-refractivity contribution >= 4 is 17.6 Å². The van der Waals surface area contributed by atoms with Crippen LogP contribution in [0.1, 0.15) is 23.0 Å². The molecule has 7 heteroatoms. The lowest BCUT2D eigenvalue weighted by Gasteiger charge is -2.34. The molecule has 0 radical (unpaired) electrons. The van der Waals surface area contributed by atoms with E-state index in [1.807, 2.05) is 23.6 Å². The molecule has 0 unspecified atom stereocenters. The van der Waals surface area contributed by atoms with E-state index in [9.17, 15) is 9.59 Å². The number of aromatic nitrogens is 2. The molecule has 1 saturated heterocycles. The lowest BCUT2D eigenvalue weighted by atomic mass is 10.2. The van der Waals surface area contributed by atoms with Crippen molar-refractivity contribution in [3.63, 3.8) is 0 Å². The first kappa shape index (κ1) is 15.3. The van der Waals surface area contributed by atoms with Crippen molar-refractivity contribution in [2.24, 2.45) is 0 Å². The third-order valence-corrected chi connectivity index (χ3v) is 3.91. The van der Waals surface area contributed by atoms with E-state index in [1.54, 1.807) is 29.0 Å². The molecular formula is C16H20N4O3. The highest BCUT2D eigenvalue weighted by Crippen LogP contribution is 2.12. The fourth-order valence-electron chi connectivity index (χ4n) is 2.73. The summed E-state index contributed by atoms with van der Waals surface area (Å²) >= 11 is 0. The molecule has 2 amide bonds. The number of carbonyl (C=O) groups is 2. The third-order valence-electron chi connectivity index (χ3n) is 3.91. The maximum Gasteiger partial charge on any atom is 0.409 e. The molecular weight excluding hydrogens is 296 g/mol. The molecule has 1 aliphatic heterocycles. The Morgan fingerprint density at radius 1 is 1.13 bits per heavy atom. The molecule has 3 heterocycles. The predicted octanol–water partition coefficient (Wildman–Crippen LogP) is 1.56. The van der Waals surface area contributed by atoms with Crippen LogP contribution >= 0.6 is 0 Å². The minimum atomic E-state index is -0.310. The van der Waals surface area contributed by atoms with E-state index in [0.717, 1.165) is 11.3 Å². The highest BCUT2D eigenvalue weighted by Gasteiger charge is 2.25. The smallest absolute Gasteiger partial charge is 0.409 e. The number of nitrogens with zero attached hydrogens (tertiary/aromatic N) is 4. The van der Waals surface area contributed by atoms with Gasteiger partial charge in [-0.25, -0.2) is 9.78 Å². The molecule has 0 spiro atoms. The Morgan fingerprint density at radius 2 is 1.83 bits per heavy atom. The zero-order chi connectivity index (χ0) is 16.4. The average molecular weight is 316 g/mol. The maximum atomic E-state index is 12.6. The largest absolute Gasteiger partial charge is 0.450 e. The van der Waals surface area contributed by atoms with Gasteiger partial charge >= 0.3 is 6.09 Å². The normalized spacial score (nSPS) is 15.0. The highest BCUT2D eigenvalue weighted by atomic mass is 16.6. The summed E-state index contributed by atoms with van der Waals surface area (Å²) in [4.78, 5) is 32.0. The molecule has 2 aromatic rings. The molecule has 0 bridgehead atoms. The first-order chi connectivity index (χ1) is 11.1. The molecule has 0 atom stereocenters. The molecule has 2 aromatic heterocycles. The minimum Gasteiger partial charge on any atom is -0.450 e. The third kappa shape index (κ3) is 3.13. The fraction of sp³-hybridized carbons (Fsp3) is 0.438. The number of fused-ring (bicyclic) bond motifs is 1. The van der Waals surface area contributed by atoms with Crippen molar-refractivity contribution in [1.29, 1.82) is 0 Å². The van der Waals surface area contributed by atoms with Gasteiger partial charge in [0.05, 0.1) is 17.9 Å². The van der Waals surface area contributed by atoms with E-state index in [1.165, 1.54) is 0 Å². The molecule has 1 aliphatic rings. The lowest BCUT2D eigenvalue weighted by molar-refractivity contribution is 0.0570. The van der Waals surface area contributed by atoms with Crippen LogP contribution in [0.25, 0.3) is 5.65 Å². The van der Waals surface area contributed by atoms with Gasteiger partial charge in [0.25, 0.3) is 5.91 Å². The summed E-state index contributed by atoms with van der Waals surface area (Å²) < 4.78 is 6.84. The monoisotopic (exact) mass is 316 g/mol. The van der Waals surface area contributed by atoms with Gasteiger partial charge in [0.1, 0.15) is 5.65 Å². The summed E-state index contributed by atoms with van der Waals surface area (Å²) in [6.07, 6.45) is 3.38. The van der Waals surface area contributed by atoms with Gasteiger partial charge in [-0.3, -0.25) is 4.79 Å². The Kier molecular flexibility index (Phi) is 4.18. The van der Waals surface area contributed by atoms with Gasteiger partial charge < -0.3 is 18.9 Å². The second-order valence-electron chi connectivity index (χ2n) is 5.54. The van der Waals surface area contributed by atoms with Crippen LogP contribution in [-0.2, 0) is 4.74 Å². The quantitative estimate of drug-likeness (QED) is 0.843. The zero-order valence-electron chi connectivity index (χ0n) is 13.4. The molecule has 0 aromatic carbocycles. The Morgan fingerprint density at radius 3 is 2.52 bits per heavy atom. The summed E-state index contributed by atoms with van der Waals surface area (Å²) in [5.41, 5.74) is 2.36. The van der Waals surface area contributed by atoms with Crippen LogP contribution in [0.4, 0.5) is 4.79 Å². The van der Waals surface area contributed by atoms with Crippen LogP contribution in [0, 0.1) is 6.92 Å². The number of hydrogen-bond donors (Lipinski definition) is 0. The van der Waals surface area contributed by atoms with E-state index in [4.69, 9.17) is 4.74 Å². The SMILES string of the molecule is CCOC(=O)N1CCN(C(=O)c2ccc3nc(C)cn3c2)CC1. The van der Waals surface area contributed by atoms with E-state index in [-0.39, 0.29) is 12.0 Å². The highest BCUT2D eigenvalue weighted by molar-refractivity contribution is 5.94. The molecule has 122 valence electrons. The molecule has 0 saturated carbocycles. The molecule has 0 N–H and O–H groups in total. The second kappa shape index (κ2) is 6.28. The number of piperazine rings is 1. The number of carbonyl (C=O) groups excluding carboxylic acids is 2. The minimum absolute atomic E-state index is 0.0261. The van der Waals surface area contributed by atoms with Crippen molar-refractivity contribution in [3.05, 3.63) is 35.8 Å². The Bertz CT molecular complexity index is 732. The van der Waals surface area contributed by atoms with Crippen molar-refractivity contribution in [2.45, 2.75) is 13.8 Å². The summed E-state index contributed by atoms with van der Waals surface area (Å²) in [5, 5.41) is 0. The van der Waals surface area contributed by atoms with E-state index in [2.05, 4.69) is 4.98 Å². The number of aryl methyl sites for hydroxylation is 1. The molecule has 7 nitrogen and oxygen atoms in total. The van der Waals surface area contributed by atoms with Gasteiger partial charge in [-0.15, -0.1) is 0 Å². The van der Waals surface area contributed by atoms with E-state index < -0.39 is 0 Å². The van der Waals surface area contributed by atoms with Crippen LogP contribution < -0.4 is 0 Å². The summed E-state index contributed by atoms with van der Waals surface area (Å²) in [6.45, 7) is 6.09. The topological polar surface area (TPSA) is 67.2 Å². The van der Waals surface area contributed by atoms with Crippen LogP contribution in [0.15, 0.2) is 24.5 Å². The number of amides is 2. The molecule has 1 fully saturated rings. The van der Waals surface area contributed by atoms with Crippen molar-refractivity contribution in [3.8, 4) is 0 Å². The van der Waals surface area contributed by atoms with Crippen molar-refractivity contribution in [2.75, 3.05) is 32.8 Å². The van der Waals surface area contributed by atoms with Gasteiger partial charge in [-0.05, 0) is 26.0 Å². The standard InChI is InChI=1S/C16H20N4O3/c1-3-23-16(22)19-8-6-18(7-9-19)15(21)13-4-5-14-17-12(2)10-20(14)11-13/h4-5,10-11H,3,6-9H2,1-2H3. The average Bonchev–Trinajstić information content (AvgIpc) is 2.93. The lowest BCUT2D eigenvalue weighted by Crippen LogP contribution is -2.50. The van der Waals surface area contributed by atoms with E-state index in [0.29, 0.717) is 38.3 Å². The maximum absolute atomic E-state index is 12.6. The van der Waals surface area contributed by atoms with Crippen LogP contribution in [0.2, 0.25) is 0 Å². The number of imidazole rings is 1. The first-order valence-corrected chi connectivity index (χ1v) is 7.75.